The summed E-state index contributed by atoms with van der Waals surface area (Å²) < 4.78 is 5.28. The summed E-state index contributed by atoms with van der Waals surface area (Å²) >= 11 is 1.99. The molecule has 0 radical (unpaired) electrons. The molecule has 0 bridgehead atoms. The first-order valence-corrected chi connectivity index (χ1v) is 9.94. The zero-order chi connectivity index (χ0) is 16.8. The third kappa shape index (κ3) is 4.36. The zero-order valence-electron chi connectivity index (χ0n) is 14.5. The molecule has 0 aliphatic carbocycles. The van der Waals surface area contributed by atoms with Crippen LogP contribution in [0, 0.1) is 0 Å². The van der Waals surface area contributed by atoms with Crippen molar-refractivity contribution in [2.75, 3.05) is 51.3 Å². The van der Waals surface area contributed by atoms with Crippen LogP contribution in [0.4, 0.5) is 0 Å². The van der Waals surface area contributed by atoms with Crippen LogP contribution in [0.3, 0.4) is 0 Å². The smallest absolute Gasteiger partial charge is 0.191 e. The van der Waals surface area contributed by atoms with Gasteiger partial charge in [0.15, 0.2) is 5.96 Å². The Morgan fingerprint density at radius 1 is 1.17 bits per heavy atom. The van der Waals surface area contributed by atoms with Gasteiger partial charge in [0, 0.05) is 24.6 Å². The van der Waals surface area contributed by atoms with E-state index in [1.165, 1.54) is 18.4 Å². The number of thioether (sulfide) groups is 1. The average Bonchev–Trinajstić information content (AvgIpc) is 3.17. The topological polar surface area (TPSA) is 54.1 Å². The maximum absolute atomic E-state index is 6.25. The molecule has 1 atom stereocenters. The zero-order valence-corrected chi connectivity index (χ0v) is 15.3. The van der Waals surface area contributed by atoms with Crippen molar-refractivity contribution in [3.63, 3.8) is 0 Å². The maximum atomic E-state index is 6.25. The van der Waals surface area contributed by atoms with Crippen molar-refractivity contribution in [3.05, 3.63) is 29.8 Å². The standard InChI is InChI=1S/C18H28N4OS/c1-23-16-6-4-15(5-7-16)17(21-8-2-3-9-21)14-20-18(19)22-10-12-24-13-11-22/h4-7,17H,2-3,8-14H2,1H3,(H2,19,20). The second-order valence-electron chi connectivity index (χ2n) is 6.33. The Kier molecular flexibility index (Phi) is 6.26. The summed E-state index contributed by atoms with van der Waals surface area (Å²) in [5.74, 6) is 3.88. The molecular formula is C18H28N4OS. The molecule has 2 N–H and O–H groups in total. The molecule has 0 saturated carbocycles. The summed E-state index contributed by atoms with van der Waals surface area (Å²) in [6, 6.07) is 8.69. The highest BCUT2D eigenvalue weighted by Crippen LogP contribution is 2.27. The molecule has 0 spiro atoms. The molecule has 2 saturated heterocycles. The van der Waals surface area contributed by atoms with E-state index in [4.69, 9.17) is 15.5 Å². The Morgan fingerprint density at radius 3 is 2.46 bits per heavy atom. The van der Waals surface area contributed by atoms with Gasteiger partial charge in [0.25, 0.3) is 0 Å². The monoisotopic (exact) mass is 348 g/mol. The second kappa shape index (κ2) is 8.62. The molecule has 5 nitrogen and oxygen atoms in total. The van der Waals surface area contributed by atoms with E-state index in [1.807, 2.05) is 23.9 Å². The summed E-state index contributed by atoms with van der Waals surface area (Å²) in [4.78, 5) is 9.50. The lowest BCUT2D eigenvalue weighted by Crippen LogP contribution is -2.43. The molecule has 2 heterocycles. The first kappa shape index (κ1) is 17.4. The van der Waals surface area contributed by atoms with Gasteiger partial charge in [0.1, 0.15) is 5.75 Å². The lowest BCUT2D eigenvalue weighted by molar-refractivity contribution is 0.251. The molecule has 1 aromatic rings. The second-order valence-corrected chi connectivity index (χ2v) is 7.56. The number of likely N-dealkylation sites (tertiary alicyclic amines) is 1. The number of methoxy groups -OCH3 is 1. The number of guanidine groups is 1. The summed E-state index contributed by atoms with van der Waals surface area (Å²) in [6.45, 7) is 5.04. The van der Waals surface area contributed by atoms with Gasteiger partial charge in [-0.1, -0.05) is 12.1 Å². The maximum Gasteiger partial charge on any atom is 0.191 e. The quantitative estimate of drug-likeness (QED) is 0.653. The molecule has 1 aromatic carbocycles. The van der Waals surface area contributed by atoms with Crippen molar-refractivity contribution in [2.45, 2.75) is 18.9 Å². The van der Waals surface area contributed by atoms with Gasteiger partial charge in [-0.2, -0.15) is 11.8 Å². The van der Waals surface area contributed by atoms with Crippen LogP contribution in [0.2, 0.25) is 0 Å². The van der Waals surface area contributed by atoms with Gasteiger partial charge in [-0.05, 0) is 43.6 Å². The molecule has 1 unspecified atom stereocenters. The minimum Gasteiger partial charge on any atom is -0.497 e. The molecule has 3 rings (SSSR count). The molecular weight excluding hydrogens is 320 g/mol. The molecule has 132 valence electrons. The fourth-order valence-electron chi connectivity index (χ4n) is 3.38. The summed E-state index contributed by atoms with van der Waals surface area (Å²) in [5, 5.41) is 0. The molecule has 2 aliphatic rings. The summed E-state index contributed by atoms with van der Waals surface area (Å²) in [7, 11) is 1.70. The average molecular weight is 349 g/mol. The third-order valence-electron chi connectivity index (χ3n) is 4.84. The molecule has 6 heteroatoms. The van der Waals surface area contributed by atoms with Crippen molar-refractivity contribution < 1.29 is 4.74 Å². The Bertz CT molecular complexity index is 536. The van der Waals surface area contributed by atoms with Crippen molar-refractivity contribution in [1.29, 1.82) is 0 Å². The van der Waals surface area contributed by atoms with E-state index in [2.05, 4.69) is 21.9 Å². The fourth-order valence-corrected chi connectivity index (χ4v) is 4.29. The first-order valence-electron chi connectivity index (χ1n) is 8.78. The molecule has 0 aromatic heterocycles. The van der Waals surface area contributed by atoms with Crippen LogP contribution in [0.25, 0.3) is 0 Å². The van der Waals surface area contributed by atoms with Crippen LogP contribution < -0.4 is 10.5 Å². The number of nitrogens with zero attached hydrogens (tertiary/aromatic N) is 3. The number of hydrogen-bond donors (Lipinski definition) is 1. The van der Waals surface area contributed by atoms with Crippen molar-refractivity contribution in [3.8, 4) is 5.75 Å². The van der Waals surface area contributed by atoms with E-state index >= 15 is 0 Å². The molecule has 2 aliphatic heterocycles. The van der Waals surface area contributed by atoms with Crippen molar-refractivity contribution in [1.82, 2.24) is 9.80 Å². The Balaban J connectivity index is 1.71. The SMILES string of the molecule is COc1ccc(C(CN=C(N)N2CCSCC2)N2CCCC2)cc1. The molecule has 2 fully saturated rings. The van der Waals surface area contributed by atoms with Crippen LogP contribution >= 0.6 is 11.8 Å². The van der Waals surface area contributed by atoms with Gasteiger partial charge in [-0.25, -0.2) is 0 Å². The van der Waals surface area contributed by atoms with E-state index in [0.717, 1.165) is 50.0 Å². The van der Waals surface area contributed by atoms with Gasteiger partial charge < -0.3 is 15.4 Å². The van der Waals surface area contributed by atoms with Crippen LogP contribution in [0.1, 0.15) is 24.4 Å². The van der Waals surface area contributed by atoms with E-state index in [9.17, 15) is 0 Å². The predicted octanol–water partition coefficient (Wildman–Crippen LogP) is 2.20. The summed E-state index contributed by atoms with van der Waals surface area (Å²) in [5.41, 5.74) is 7.54. The van der Waals surface area contributed by atoms with Gasteiger partial charge in [0.2, 0.25) is 0 Å². The number of ether oxygens (including phenoxy) is 1. The number of nitrogens with two attached hydrogens (primary N) is 1. The van der Waals surface area contributed by atoms with E-state index in [1.54, 1.807) is 7.11 Å². The predicted molar refractivity (Wildman–Crippen MR) is 102 cm³/mol. The highest BCUT2D eigenvalue weighted by molar-refractivity contribution is 7.99. The van der Waals surface area contributed by atoms with Gasteiger partial charge in [-0.15, -0.1) is 0 Å². The van der Waals surface area contributed by atoms with Gasteiger partial charge >= 0.3 is 0 Å². The van der Waals surface area contributed by atoms with E-state index in [0.29, 0.717) is 12.0 Å². The lowest BCUT2D eigenvalue weighted by Gasteiger charge is -2.29. The Hall–Kier alpha value is -1.40. The third-order valence-corrected chi connectivity index (χ3v) is 5.79. The van der Waals surface area contributed by atoms with E-state index in [-0.39, 0.29) is 0 Å². The minimum absolute atomic E-state index is 0.302. The number of hydrogen-bond acceptors (Lipinski definition) is 4. The van der Waals surface area contributed by atoms with Crippen LogP contribution in [-0.4, -0.2) is 67.1 Å². The Morgan fingerprint density at radius 2 is 1.83 bits per heavy atom. The highest BCUT2D eigenvalue weighted by atomic mass is 32.2. The number of aliphatic imine (C=N–C) groups is 1. The lowest BCUT2D eigenvalue weighted by atomic mass is 10.1. The van der Waals surface area contributed by atoms with Gasteiger partial charge in [-0.3, -0.25) is 9.89 Å². The fraction of sp³-hybridized carbons (Fsp3) is 0.611. The normalized spacial score (nSPS) is 21.0. The Labute approximate surface area is 149 Å². The van der Waals surface area contributed by atoms with E-state index < -0.39 is 0 Å². The summed E-state index contributed by atoms with van der Waals surface area (Å²) in [6.07, 6.45) is 2.55. The first-order chi connectivity index (χ1) is 11.8. The van der Waals surface area contributed by atoms with Crippen LogP contribution in [-0.2, 0) is 0 Å². The molecule has 24 heavy (non-hydrogen) atoms. The van der Waals surface area contributed by atoms with Gasteiger partial charge in [0.05, 0.1) is 19.7 Å². The highest BCUT2D eigenvalue weighted by Gasteiger charge is 2.24. The van der Waals surface area contributed by atoms with Crippen molar-refractivity contribution >= 4 is 17.7 Å². The number of rotatable bonds is 5. The minimum atomic E-state index is 0.302. The molecule has 0 amide bonds. The van der Waals surface area contributed by atoms with Crippen LogP contribution in [0.5, 0.6) is 5.75 Å². The van der Waals surface area contributed by atoms with Crippen molar-refractivity contribution in [2.24, 2.45) is 10.7 Å². The number of benzene rings is 1. The largest absolute Gasteiger partial charge is 0.497 e. The van der Waals surface area contributed by atoms with Crippen LogP contribution in [0.15, 0.2) is 29.3 Å².